The van der Waals surface area contributed by atoms with E-state index >= 15 is 0 Å². The Bertz CT molecular complexity index is 865. The summed E-state index contributed by atoms with van der Waals surface area (Å²) >= 11 is 12.0. The predicted molar refractivity (Wildman–Crippen MR) is 119 cm³/mol. The highest BCUT2D eigenvalue weighted by molar-refractivity contribution is 6.30. The van der Waals surface area contributed by atoms with Crippen molar-refractivity contribution in [2.75, 3.05) is 13.2 Å². The van der Waals surface area contributed by atoms with Crippen molar-refractivity contribution in [2.24, 2.45) is 0 Å². The molecule has 1 aliphatic rings. The maximum absolute atomic E-state index is 13.3. The molecule has 1 aliphatic carbocycles. The lowest BCUT2D eigenvalue weighted by Gasteiger charge is -2.41. The Kier molecular flexibility index (Phi) is 7.75. The molecule has 1 fully saturated rings. The van der Waals surface area contributed by atoms with Gasteiger partial charge in [0.05, 0.1) is 5.41 Å². The maximum Gasteiger partial charge on any atom is 0.242 e. The van der Waals surface area contributed by atoms with Crippen LogP contribution in [-0.2, 0) is 21.4 Å². The van der Waals surface area contributed by atoms with E-state index in [1.54, 1.807) is 24.3 Å². The first-order chi connectivity index (χ1) is 14.4. The molecule has 2 aromatic rings. The van der Waals surface area contributed by atoms with Gasteiger partial charge in [-0.15, -0.1) is 0 Å². The van der Waals surface area contributed by atoms with Crippen LogP contribution in [-0.4, -0.2) is 36.1 Å². The zero-order chi connectivity index (χ0) is 21.6. The molecule has 0 radical (unpaired) electrons. The van der Waals surface area contributed by atoms with Gasteiger partial charge in [-0.2, -0.15) is 0 Å². The van der Waals surface area contributed by atoms with Crippen molar-refractivity contribution < 1.29 is 14.7 Å². The maximum atomic E-state index is 13.3. The van der Waals surface area contributed by atoms with Crippen LogP contribution in [0, 0.1) is 0 Å². The molecule has 0 unspecified atom stereocenters. The summed E-state index contributed by atoms with van der Waals surface area (Å²) in [7, 11) is 0. The Morgan fingerprint density at radius 3 is 2.13 bits per heavy atom. The molecule has 2 aromatic carbocycles. The molecule has 30 heavy (non-hydrogen) atoms. The minimum atomic E-state index is -0.720. The minimum absolute atomic E-state index is 0.00579. The van der Waals surface area contributed by atoms with Crippen molar-refractivity contribution >= 4 is 35.0 Å². The first-order valence-corrected chi connectivity index (χ1v) is 10.9. The standard InChI is InChI=1S/C23H26Cl2N2O3/c24-18-7-3-16(4-8-18)15-20(21(29)26-13-2-14-28)27-22(30)23(11-1-12-23)17-5-9-19(25)10-6-17/h3-10,20,28H,1-2,11-15H2,(H,26,29)(H,27,30)/t20-/m1/s1. The van der Waals surface area contributed by atoms with E-state index < -0.39 is 11.5 Å². The zero-order valence-electron chi connectivity index (χ0n) is 16.7. The summed E-state index contributed by atoms with van der Waals surface area (Å²) in [5.74, 6) is -0.412. The SMILES string of the molecule is O=C(NCCCO)[C@@H](Cc1ccc(Cl)cc1)NC(=O)C1(c2ccc(Cl)cc2)CCC1. The van der Waals surface area contributed by atoms with Crippen LogP contribution in [0.4, 0.5) is 0 Å². The lowest BCUT2D eigenvalue weighted by molar-refractivity contribution is -0.134. The molecular weight excluding hydrogens is 423 g/mol. The fourth-order valence-corrected chi connectivity index (χ4v) is 3.97. The van der Waals surface area contributed by atoms with Gasteiger partial charge in [0, 0.05) is 29.6 Å². The van der Waals surface area contributed by atoms with E-state index in [4.69, 9.17) is 28.3 Å². The Balaban J connectivity index is 1.78. The van der Waals surface area contributed by atoms with E-state index in [9.17, 15) is 9.59 Å². The van der Waals surface area contributed by atoms with Gasteiger partial charge in [-0.1, -0.05) is 53.9 Å². The van der Waals surface area contributed by atoms with Crippen LogP contribution in [0.25, 0.3) is 0 Å². The molecule has 0 aliphatic heterocycles. The van der Waals surface area contributed by atoms with E-state index in [0.29, 0.717) is 29.4 Å². The second-order valence-corrected chi connectivity index (χ2v) is 8.54. The molecule has 160 valence electrons. The van der Waals surface area contributed by atoms with Crippen LogP contribution in [0.3, 0.4) is 0 Å². The molecule has 3 N–H and O–H groups in total. The molecule has 1 saturated carbocycles. The van der Waals surface area contributed by atoms with Crippen LogP contribution < -0.4 is 10.6 Å². The average Bonchev–Trinajstić information content (AvgIpc) is 2.70. The summed E-state index contributed by atoms with van der Waals surface area (Å²) in [6.07, 6.45) is 3.24. The van der Waals surface area contributed by atoms with Gasteiger partial charge in [-0.25, -0.2) is 0 Å². The first kappa shape index (κ1) is 22.6. The van der Waals surface area contributed by atoms with E-state index in [1.807, 2.05) is 24.3 Å². The van der Waals surface area contributed by atoms with Gasteiger partial charge in [0.15, 0.2) is 0 Å². The molecule has 1 atom stereocenters. The van der Waals surface area contributed by atoms with Gasteiger partial charge >= 0.3 is 0 Å². The average molecular weight is 449 g/mol. The lowest BCUT2D eigenvalue weighted by atomic mass is 9.63. The molecule has 2 amide bonds. The topological polar surface area (TPSA) is 78.4 Å². The van der Waals surface area contributed by atoms with Gasteiger partial charge in [0.2, 0.25) is 11.8 Å². The van der Waals surface area contributed by atoms with Crippen molar-refractivity contribution in [3.8, 4) is 0 Å². The zero-order valence-corrected chi connectivity index (χ0v) is 18.2. The quantitative estimate of drug-likeness (QED) is 0.512. The monoisotopic (exact) mass is 448 g/mol. The highest BCUT2D eigenvalue weighted by atomic mass is 35.5. The fraction of sp³-hybridized carbons (Fsp3) is 0.391. The van der Waals surface area contributed by atoms with E-state index in [1.165, 1.54) is 0 Å². The smallest absolute Gasteiger partial charge is 0.242 e. The molecule has 7 heteroatoms. The summed E-state index contributed by atoms with van der Waals surface area (Å²) in [4.78, 5) is 26.1. The molecule has 0 spiro atoms. The second kappa shape index (κ2) is 10.3. The van der Waals surface area contributed by atoms with Crippen LogP contribution in [0.2, 0.25) is 10.0 Å². The van der Waals surface area contributed by atoms with Crippen molar-refractivity contribution in [1.82, 2.24) is 10.6 Å². The predicted octanol–water partition coefficient (Wildman–Crippen LogP) is 3.64. The van der Waals surface area contributed by atoms with E-state index in [2.05, 4.69) is 10.6 Å². The second-order valence-electron chi connectivity index (χ2n) is 7.67. The molecule has 0 saturated heterocycles. The Morgan fingerprint density at radius 2 is 1.60 bits per heavy atom. The number of carbonyl (C=O) groups excluding carboxylic acids is 2. The van der Waals surface area contributed by atoms with Crippen molar-refractivity contribution in [3.63, 3.8) is 0 Å². The third-order valence-electron chi connectivity index (χ3n) is 5.65. The van der Waals surface area contributed by atoms with Crippen LogP contribution in [0.5, 0.6) is 0 Å². The van der Waals surface area contributed by atoms with E-state index in [0.717, 1.165) is 30.4 Å². The third-order valence-corrected chi connectivity index (χ3v) is 6.15. The van der Waals surface area contributed by atoms with Crippen molar-refractivity contribution in [2.45, 2.75) is 43.6 Å². The third kappa shape index (κ3) is 5.34. The molecule has 0 bridgehead atoms. The van der Waals surface area contributed by atoms with Gasteiger partial charge < -0.3 is 15.7 Å². The van der Waals surface area contributed by atoms with Gasteiger partial charge in [-0.05, 0) is 54.7 Å². The normalized spacial score (nSPS) is 15.7. The summed E-state index contributed by atoms with van der Waals surface area (Å²) < 4.78 is 0. The number of benzene rings is 2. The van der Waals surface area contributed by atoms with Crippen LogP contribution in [0.1, 0.15) is 36.8 Å². The molecule has 0 heterocycles. The summed E-state index contributed by atoms with van der Waals surface area (Å²) in [5.41, 5.74) is 1.19. The molecular formula is C23H26Cl2N2O3. The van der Waals surface area contributed by atoms with Gasteiger partial charge in [-0.3, -0.25) is 9.59 Å². The largest absolute Gasteiger partial charge is 0.396 e. The summed E-state index contributed by atoms with van der Waals surface area (Å²) in [6.45, 7) is 0.346. The van der Waals surface area contributed by atoms with Crippen molar-refractivity contribution in [1.29, 1.82) is 0 Å². The summed E-state index contributed by atoms with van der Waals surface area (Å²) in [6, 6.07) is 13.9. The molecule has 0 aromatic heterocycles. The van der Waals surface area contributed by atoms with Crippen LogP contribution >= 0.6 is 23.2 Å². The number of aliphatic hydroxyl groups is 1. The van der Waals surface area contributed by atoms with Crippen molar-refractivity contribution in [3.05, 3.63) is 69.7 Å². The Morgan fingerprint density at radius 1 is 1.00 bits per heavy atom. The molecule has 3 rings (SSSR count). The number of carbonyl (C=O) groups is 2. The number of rotatable bonds is 9. The summed E-state index contributed by atoms with van der Waals surface area (Å²) in [5, 5.41) is 16.0. The number of amides is 2. The van der Waals surface area contributed by atoms with Crippen LogP contribution in [0.15, 0.2) is 48.5 Å². The van der Waals surface area contributed by atoms with E-state index in [-0.39, 0.29) is 18.4 Å². The Hall–Kier alpha value is -2.08. The van der Waals surface area contributed by atoms with Gasteiger partial charge in [0.1, 0.15) is 6.04 Å². The molecule has 5 nitrogen and oxygen atoms in total. The number of hydrogen-bond donors (Lipinski definition) is 3. The van der Waals surface area contributed by atoms with Gasteiger partial charge in [0.25, 0.3) is 0 Å². The minimum Gasteiger partial charge on any atom is -0.396 e. The first-order valence-electron chi connectivity index (χ1n) is 10.1. The Labute approximate surface area is 186 Å². The number of aliphatic hydroxyl groups excluding tert-OH is 1. The fourth-order valence-electron chi connectivity index (χ4n) is 3.72. The number of halogens is 2. The lowest BCUT2D eigenvalue weighted by Crippen LogP contribution is -2.56. The highest BCUT2D eigenvalue weighted by Gasteiger charge is 2.46. The number of nitrogens with one attached hydrogen (secondary N) is 2. The number of hydrogen-bond acceptors (Lipinski definition) is 3. The highest BCUT2D eigenvalue weighted by Crippen LogP contribution is 2.44.